The second-order valence-electron chi connectivity index (χ2n) is 4.41. The Bertz CT molecular complexity index is 438. The zero-order chi connectivity index (χ0) is 13.7. The molecule has 100 valence electrons. The molecule has 6 heteroatoms. The van der Waals surface area contributed by atoms with Crippen LogP contribution in [0.4, 0.5) is 15.8 Å². The highest BCUT2D eigenvalue weighted by Gasteiger charge is 2.08. The largest absolute Gasteiger partial charge is 0.397 e. The molecule has 1 aromatic rings. The highest BCUT2D eigenvalue weighted by Crippen LogP contribution is 2.25. The van der Waals surface area contributed by atoms with E-state index >= 15 is 0 Å². The average Bonchev–Trinajstić information content (AvgIpc) is 2.29. The Morgan fingerprint density at radius 2 is 2.17 bits per heavy atom. The molecular formula is C12H17ClFN3O. The molecule has 0 saturated heterocycles. The van der Waals surface area contributed by atoms with Gasteiger partial charge in [0.25, 0.3) is 0 Å². The van der Waals surface area contributed by atoms with Crippen LogP contribution in [0.5, 0.6) is 0 Å². The van der Waals surface area contributed by atoms with E-state index in [1.54, 1.807) is 0 Å². The highest BCUT2D eigenvalue weighted by molar-refractivity contribution is 6.31. The Balaban J connectivity index is 2.53. The summed E-state index contributed by atoms with van der Waals surface area (Å²) in [6.07, 6.45) is 0. The number of nitrogen functional groups attached to an aromatic ring is 1. The normalized spacial score (nSPS) is 10.5. The van der Waals surface area contributed by atoms with Crippen molar-refractivity contribution in [2.45, 2.75) is 13.8 Å². The molecule has 0 atom stereocenters. The van der Waals surface area contributed by atoms with Crippen LogP contribution in [0.3, 0.4) is 0 Å². The molecule has 0 fully saturated rings. The van der Waals surface area contributed by atoms with Crippen molar-refractivity contribution in [3.63, 3.8) is 0 Å². The van der Waals surface area contributed by atoms with Crippen molar-refractivity contribution in [1.29, 1.82) is 0 Å². The van der Waals surface area contributed by atoms with Gasteiger partial charge in [-0.3, -0.25) is 4.79 Å². The van der Waals surface area contributed by atoms with Crippen LogP contribution in [0.2, 0.25) is 5.02 Å². The van der Waals surface area contributed by atoms with Crippen LogP contribution in [0.25, 0.3) is 0 Å². The van der Waals surface area contributed by atoms with Crippen molar-refractivity contribution in [3.05, 3.63) is 23.0 Å². The molecule has 0 radical (unpaired) electrons. The van der Waals surface area contributed by atoms with Crippen LogP contribution in [0.1, 0.15) is 13.8 Å². The van der Waals surface area contributed by atoms with Gasteiger partial charge in [-0.15, -0.1) is 0 Å². The Hall–Kier alpha value is -1.49. The number of carbonyl (C=O) groups is 1. The van der Waals surface area contributed by atoms with Gasteiger partial charge in [0.05, 0.1) is 22.9 Å². The van der Waals surface area contributed by atoms with Crippen LogP contribution in [-0.4, -0.2) is 19.0 Å². The number of nitrogens with two attached hydrogens (primary N) is 1. The van der Waals surface area contributed by atoms with E-state index in [4.69, 9.17) is 17.3 Å². The molecule has 0 aliphatic rings. The molecule has 4 N–H and O–H groups in total. The monoisotopic (exact) mass is 273 g/mol. The number of anilines is 2. The quantitative estimate of drug-likeness (QED) is 0.721. The molecule has 0 heterocycles. The van der Waals surface area contributed by atoms with Gasteiger partial charge in [0.1, 0.15) is 5.82 Å². The number of hydrogen-bond acceptors (Lipinski definition) is 3. The lowest BCUT2D eigenvalue weighted by Crippen LogP contribution is -2.32. The molecule has 0 aromatic heterocycles. The van der Waals surface area contributed by atoms with Gasteiger partial charge in [-0.2, -0.15) is 0 Å². The third-order valence-electron chi connectivity index (χ3n) is 2.24. The van der Waals surface area contributed by atoms with Crippen LogP contribution in [0, 0.1) is 11.7 Å². The van der Waals surface area contributed by atoms with Crippen LogP contribution < -0.4 is 16.4 Å². The molecule has 4 nitrogen and oxygen atoms in total. The van der Waals surface area contributed by atoms with Crippen molar-refractivity contribution >= 4 is 28.9 Å². The number of benzene rings is 1. The van der Waals surface area contributed by atoms with Crippen LogP contribution >= 0.6 is 11.6 Å². The zero-order valence-corrected chi connectivity index (χ0v) is 11.1. The first-order valence-corrected chi connectivity index (χ1v) is 6.03. The molecule has 0 unspecified atom stereocenters. The third kappa shape index (κ3) is 4.41. The second-order valence-corrected chi connectivity index (χ2v) is 4.81. The van der Waals surface area contributed by atoms with Gasteiger partial charge in [-0.05, 0) is 12.0 Å². The minimum atomic E-state index is -0.580. The minimum absolute atomic E-state index is 0.0331. The van der Waals surface area contributed by atoms with E-state index in [1.807, 2.05) is 13.8 Å². The smallest absolute Gasteiger partial charge is 0.239 e. The van der Waals surface area contributed by atoms with Gasteiger partial charge in [0.2, 0.25) is 5.91 Å². The Morgan fingerprint density at radius 3 is 2.78 bits per heavy atom. The highest BCUT2D eigenvalue weighted by atomic mass is 35.5. The lowest BCUT2D eigenvalue weighted by atomic mass is 10.2. The van der Waals surface area contributed by atoms with Gasteiger partial charge in [0.15, 0.2) is 0 Å². The first-order valence-electron chi connectivity index (χ1n) is 5.65. The van der Waals surface area contributed by atoms with Crippen molar-refractivity contribution in [2.24, 2.45) is 5.92 Å². The third-order valence-corrected chi connectivity index (χ3v) is 2.53. The van der Waals surface area contributed by atoms with Crippen molar-refractivity contribution in [2.75, 3.05) is 24.1 Å². The van der Waals surface area contributed by atoms with E-state index in [0.29, 0.717) is 18.2 Å². The zero-order valence-electron chi connectivity index (χ0n) is 10.4. The average molecular weight is 274 g/mol. The summed E-state index contributed by atoms with van der Waals surface area (Å²) < 4.78 is 13.0. The van der Waals surface area contributed by atoms with Gasteiger partial charge < -0.3 is 16.4 Å². The molecule has 18 heavy (non-hydrogen) atoms. The number of halogens is 2. The predicted molar refractivity (Wildman–Crippen MR) is 72.2 cm³/mol. The summed E-state index contributed by atoms with van der Waals surface area (Å²) in [5, 5.41) is 5.53. The minimum Gasteiger partial charge on any atom is -0.397 e. The molecule has 0 saturated carbocycles. The SMILES string of the molecule is CC(C)CNC(=O)CNc1cc(Cl)c(F)cc1N. The van der Waals surface area contributed by atoms with Crippen LogP contribution in [-0.2, 0) is 4.79 Å². The maximum atomic E-state index is 13.0. The van der Waals surface area contributed by atoms with Crippen molar-refractivity contribution < 1.29 is 9.18 Å². The lowest BCUT2D eigenvalue weighted by molar-refractivity contribution is -0.119. The fourth-order valence-corrected chi connectivity index (χ4v) is 1.43. The first kappa shape index (κ1) is 14.6. The summed E-state index contributed by atoms with van der Waals surface area (Å²) in [4.78, 5) is 11.5. The molecule has 1 rings (SSSR count). The fraction of sp³-hybridized carbons (Fsp3) is 0.417. The Morgan fingerprint density at radius 1 is 1.50 bits per heavy atom. The summed E-state index contributed by atoms with van der Waals surface area (Å²) in [6.45, 7) is 4.69. The Labute approximate surface area is 111 Å². The first-order chi connectivity index (χ1) is 8.40. The summed E-state index contributed by atoms with van der Waals surface area (Å²) in [5.74, 6) is -0.341. The Kier molecular flexibility index (Phi) is 5.22. The lowest BCUT2D eigenvalue weighted by Gasteiger charge is -2.11. The molecular weight excluding hydrogens is 257 g/mol. The van der Waals surface area contributed by atoms with E-state index in [0.717, 1.165) is 6.07 Å². The van der Waals surface area contributed by atoms with E-state index < -0.39 is 5.82 Å². The molecule has 0 aliphatic carbocycles. The second kappa shape index (κ2) is 6.44. The van der Waals surface area contributed by atoms with E-state index in [9.17, 15) is 9.18 Å². The molecule has 0 aliphatic heterocycles. The van der Waals surface area contributed by atoms with Gasteiger partial charge >= 0.3 is 0 Å². The number of rotatable bonds is 5. The maximum Gasteiger partial charge on any atom is 0.239 e. The number of nitrogens with one attached hydrogen (secondary N) is 2. The maximum absolute atomic E-state index is 13.0. The van der Waals surface area contributed by atoms with Crippen molar-refractivity contribution in [3.8, 4) is 0 Å². The topological polar surface area (TPSA) is 67.2 Å². The molecule has 0 spiro atoms. The van der Waals surface area contributed by atoms with Gasteiger partial charge in [-0.25, -0.2) is 4.39 Å². The van der Waals surface area contributed by atoms with E-state index in [1.165, 1.54) is 6.07 Å². The molecule has 1 aromatic carbocycles. The molecule has 0 bridgehead atoms. The summed E-state index contributed by atoms with van der Waals surface area (Å²) >= 11 is 5.63. The van der Waals surface area contributed by atoms with Gasteiger partial charge in [0, 0.05) is 12.6 Å². The number of hydrogen-bond donors (Lipinski definition) is 3. The van der Waals surface area contributed by atoms with Gasteiger partial charge in [-0.1, -0.05) is 25.4 Å². The van der Waals surface area contributed by atoms with Crippen LogP contribution in [0.15, 0.2) is 12.1 Å². The van der Waals surface area contributed by atoms with E-state index in [2.05, 4.69) is 10.6 Å². The number of amides is 1. The predicted octanol–water partition coefficient (Wildman–Crippen LogP) is 2.25. The van der Waals surface area contributed by atoms with E-state index in [-0.39, 0.29) is 23.2 Å². The number of carbonyl (C=O) groups excluding carboxylic acids is 1. The van der Waals surface area contributed by atoms with Crippen molar-refractivity contribution in [1.82, 2.24) is 5.32 Å². The molecule has 1 amide bonds. The summed E-state index contributed by atoms with van der Waals surface area (Å²) in [7, 11) is 0. The fourth-order valence-electron chi connectivity index (χ4n) is 1.27. The standard InChI is InChI=1S/C12H17ClFN3O/c1-7(2)5-17-12(18)6-16-11-3-8(13)9(14)4-10(11)15/h3-4,7,16H,5-6,15H2,1-2H3,(H,17,18). The summed E-state index contributed by atoms with van der Waals surface area (Å²) in [5.41, 5.74) is 6.27. The summed E-state index contributed by atoms with van der Waals surface area (Å²) in [6, 6.07) is 2.48.